The number of carbonyl (C=O) groups is 3. The molecule has 2 saturated carbocycles. The maximum Gasteiger partial charge on any atom is 0.407 e. The lowest BCUT2D eigenvalue weighted by Gasteiger charge is -2.37. The Labute approximate surface area is 173 Å². The number of nitrogens with one attached hydrogen (secondary N) is 3. The van der Waals surface area contributed by atoms with Crippen LogP contribution in [-0.2, 0) is 14.3 Å². The van der Waals surface area contributed by atoms with Crippen LogP contribution in [0.2, 0.25) is 0 Å². The van der Waals surface area contributed by atoms with Gasteiger partial charge in [-0.15, -0.1) is 0 Å². The number of hydrogen-bond donors (Lipinski definition) is 3. The highest BCUT2D eigenvalue weighted by atomic mass is 16.6. The Balaban J connectivity index is 1.33. The standard InChI is InChI=1S/C21H26N4O5/c1-20(2,3)30-19(28)22-11-8-21(9-11)10-13(21)16(26)25-18-23-14-7-5-6-12(15(14)24-18)17(27)29-4/h5-7,11,13H,8-10H2,1-4H3,(H,22,28)(H2,23,24,25,26)/t11?,13-,21?/m0/s1. The Morgan fingerprint density at radius 1 is 1.20 bits per heavy atom. The van der Waals surface area contributed by atoms with Gasteiger partial charge in [0.05, 0.1) is 18.2 Å². The SMILES string of the molecule is COC(=O)c1cccc2[nH]c(NC(=O)[C@@H]3CC34CC(NC(=O)OC(C)(C)C)C4)nc12. The first kappa shape index (κ1) is 20.2. The predicted octanol–water partition coefficient (Wildman–Crippen LogP) is 2.98. The number of benzene rings is 1. The summed E-state index contributed by atoms with van der Waals surface area (Å²) in [6.07, 6.45) is 1.89. The number of methoxy groups -OCH3 is 1. The van der Waals surface area contributed by atoms with Gasteiger partial charge in [-0.1, -0.05) is 6.07 Å². The van der Waals surface area contributed by atoms with Gasteiger partial charge < -0.3 is 19.8 Å². The fourth-order valence-corrected chi connectivity index (χ4v) is 4.24. The molecule has 2 aliphatic rings. The second-order valence-corrected chi connectivity index (χ2v) is 9.14. The summed E-state index contributed by atoms with van der Waals surface area (Å²) < 4.78 is 10.1. The number of esters is 1. The number of ether oxygens (including phenoxy) is 2. The number of H-pyrrole nitrogens is 1. The molecular weight excluding hydrogens is 388 g/mol. The highest BCUT2D eigenvalue weighted by Gasteiger charge is 2.64. The van der Waals surface area contributed by atoms with E-state index in [4.69, 9.17) is 9.47 Å². The maximum absolute atomic E-state index is 12.7. The predicted molar refractivity (Wildman–Crippen MR) is 109 cm³/mol. The molecule has 0 saturated heterocycles. The van der Waals surface area contributed by atoms with Gasteiger partial charge in [0.1, 0.15) is 11.1 Å². The Bertz CT molecular complexity index is 1020. The highest BCUT2D eigenvalue weighted by Crippen LogP contribution is 2.65. The summed E-state index contributed by atoms with van der Waals surface area (Å²) in [6.45, 7) is 5.47. The minimum atomic E-state index is -0.534. The van der Waals surface area contributed by atoms with Gasteiger partial charge in [-0.05, 0) is 57.6 Å². The summed E-state index contributed by atoms with van der Waals surface area (Å²) in [5.41, 5.74) is 0.852. The molecule has 1 aromatic heterocycles. The first-order chi connectivity index (χ1) is 14.1. The van der Waals surface area contributed by atoms with Crippen LogP contribution in [0.15, 0.2) is 18.2 Å². The molecule has 0 radical (unpaired) electrons. The largest absolute Gasteiger partial charge is 0.465 e. The second kappa shape index (κ2) is 7.00. The van der Waals surface area contributed by atoms with Crippen LogP contribution in [0.5, 0.6) is 0 Å². The molecule has 160 valence electrons. The smallest absolute Gasteiger partial charge is 0.407 e. The number of amides is 2. The van der Waals surface area contributed by atoms with Crippen LogP contribution < -0.4 is 10.6 Å². The van der Waals surface area contributed by atoms with Crippen molar-refractivity contribution in [2.24, 2.45) is 11.3 Å². The highest BCUT2D eigenvalue weighted by molar-refractivity contribution is 6.03. The average molecular weight is 414 g/mol. The van der Waals surface area contributed by atoms with Gasteiger partial charge in [-0.2, -0.15) is 0 Å². The van der Waals surface area contributed by atoms with E-state index in [9.17, 15) is 14.4 Å². The number of hydrogen-bond acceptors (Lipinski definition) is 6. The van der Waals surface area contributed by atoms with E-state index >= 15 is 0 Å². The number of rotatable bonds is 4. The second-order valence-electron chi connectivity index (χ2n) is 9.14. The van der Waals surface area contributed by atoms with Crippen LogP contribution in [-0.4, -0.2) is 46.7 Å². The van der Waals surface area contributed by atoms with Crippen LogP contribution in [0, 0.1) is 11.3 Å². The van der Waals surface area contributed by atoms with Crippen molar-refractivity contribution in [3.05, 3.63) is 23.8 Å². The molecule has 4 rings (SSSR count). The van der Waals surface area contributed by atoms with E-state index < -0.39 is 17.7 Å². The van der Waals surface area contributed by atoms with Crippen LogP contribution in [0.25, 0.3) is 11.0 Å². The molecule has 0 bridgehead atoms. The molecule has 30 heavy (non-hydrogen) atoms. The van der Waals surface area contributed by atoms with E-state index in [1.54, 1.807) is 18.2 Å². The van der Waals surface area contributed by atoms with Crippen LogP contribution >= 0.6 is 0 Å². The van der Waals surface area contributed by atoms with E-state index in [1.807, 2.05) is 20.8 Å². The maximum atomic E-state index is 12.7. The summed E-state index contributed by atoms with van der Waals surface area (Å²) in [7, 11) is 1.31. The van der Waals surface area contributed by atoms with E-state index in [1.165, 1.54) is 7.11 Å². The zero-order chi connectivity index (χ0) is 21.7. The van der Waals surface area contributed by atoms with Crippen molar-refractivity contribution in [2.45, 2.75) is 51.7 Å². The Hall–Kier alpha value is -3.10. The number of carbonyl (C=O) groups excluding carboxylic acids is 3. The molecule has 9 heteroatoms. The lowest BCUT2D eigenvalue weighted by Crippen LogP contribution is -2.48. The van der Waals surface area contributed by atoms with Crippen molar-refractivity contribution in [3.8, 4) is 0 Å². The minimum absolute atomic E-state index is 0.0338. The lowest BCUT2D eigenvalue weighted by molar-refractivity contribution is -0.118. The molecule has 1 aromatic carbocycles. The molecule has 9 nitrogen and oxygen atoms in total. The molecule has 2 aromatic rings. The molecule has 2 fully saturated rings. The number of anilines is 1. The van der Waals surface area contributed by atoms with Crippen LogP contribution in [0.3, 0.4) is 0 Å². The van der Waals surface area contributed by atoms with Crippen LogP contribution in [0.4, 0.5) is 10.7 Å². The Morgan fingerprint density at radius 2 is 1.93 bits per heavy atom. The Morgan fingerprint density at radius 3 is 2.60 bits per heavy atom. The fraction of sp³-hybridized carbons (Fsp3) is 0.524. The summed E-state index contributed by atoms with van der Waals surface area (Å²) in [4.78, 5) is 43.8. The lowest BCUT2D eigenvalue weighted by atomic mass is 9.75. The van der Waals surface area contributed by atoms with Gasteiger partial charge in [0.2, 0.25) is 11.9 Å². The van der Waals surface area contributed by atoms with Gasteiger partial charge >= 0.3 is 12.1 Å². The van der Waals surface area contributed by atoms with E-state index in [2.05, 4.69) is 20.6 Å². The van der Waals surface area contributed by atoms with E-state index in [-0.39, 0.29) is 23.3 Å². The average Bonchev–Trinajstić information content (AvgIpc) is 3.23. The van der Waals surface area contributed by atoms with E-state index in [0.717, 1.165) is 19.3 Å². The molecule has 0 unspecified atom stereocenters. The van der Waals surface area contributed by atoms with Crippen molar-refractivity contribution in [3.63, 3.8) is 0 Å². The normalized spacial score (nSPS) is 24.8. The fourth-order valence-electron chi connectivity index (χ4n) is 4.24. The van der Waals surface area contributed by atoms with Gasteiger partial charge in [-0.3, -0.25) is 10.1 Å². The summed E-state index contributed by atoms with van der Waals surface area (Å²) >= 11 is 0. The summed E-state index contributed by atoms with van der Waals surface area (Å²) in [5, 5.41) is 5.68. The number of aromatic amines is 1. The third-order valence-electron chi connectivity index (χ3n) is 5.69. The quantitative estimate of drug-likeness (QED) is 0.661. The summed E-state index contributed by atoms with van der Waals surface area (Å²) in [6, 6.07) is 5.16. The van der Waals surface area contributed by atoms with Gasteiger partial charge in [-0.25, -0.2) is 14.6 Å². The van der Waals surface area contributed by atoms with Gasteiger partial charge in [0.15, 0.2) is 0 Å². The topological polar surface area (TPSA) is 122 Å². The molecule has 2 aliphatic carbocycles. The molecule has 2 amide bonds. The van der Waals surface area contributed by atoms with Gasteiger partial charge in [0.25, 0.3) is 0 Å². The van der Waals surface area contributed by atoms with E-state index in [0.29, 0.717) is 22.5 Å². The number of nitrogens with zero attached hydrogens (tertiary/aromatic N) is 1. The van der Waals surface area contributed by atoms with Crippen molar-refractivity contribution < 1.29 is 23.9 Å². The molecule has 1 heterocycles. The molecule has 1 atom stereocenters. The third kappa shape index (κ3) is 3.83. The number of imidazole rings is 1. The Kier molecular flexibility index (Phi) is 4.71. The molecule has 3 N–H and O–H groups in total. The van der Waals surface area contributed by atoms with Crippen molar-refractivity contribution in [2.75, 3.05) is 12.4 Å². The van der Waals surface area contributed by atoms with Crippen LogP contribution in [0.1, 0.15) is 50.4 Å². The molecule has 1 spiro atoms. The third-order valence-corrected chi connectivity index (χ3v) is 5.69. The number of fused-ring (bicyclic) bond motifs is 1. The monoisotopic (exact) mass is 414 g/mol. The van der Waals surface area contributed by atoms with Crippen molar-refractivity contribution in [1.82, 2.24) is 15.3 Å². The van der Waals surface area contributed by atoms with Crippen molar-refractivity contribution in [1.29, 1.82) is 0 Å². The zero-order valence-electron chi connectivity index (χ0n) is 17.5. The number of aromatic nitrogens is 2. The minimum Gasteiger partial charge on any atom is -0.465 e. The summed E-state index contributed by atoms with van der Waals surface area (Å²) in [5.74, 6) is -0.396. The van der Waals surface area contributed by atoms with Gasteiger partial charge in [0, 0.05) is 12.0 Å². The molecular formula is C21H26N4O5. The number of para-hydroxylation sites is 1. The first-order valence-corrected chi connectivity index (χ1v) is 9.98. The zero-order valence-corrected chi connectivity index (χ0v) is 17.5. The van der Waals surface area contributed by atoms with Crippen molar-refractivity contribution >= 4 is 35.0 Å². The first-order valence-electron chi connectivity index (χ1n) is 9.98. The number of alkyl carbamates (subject to hydrolysis) is 1. The molecule has 0 aliphatic heterocycles.